The molecule has 0 aliphatic heterocycles. The maximum absolute atomic E-state index is 11.5. The molecule has 0 saturated carbocycles. The molecule has 0 aromatic carbocycles. The van der Waals surface area contributed by atoms with Gasteiger partial charge in [-0.25, -0.2) is 0 Å². The van der Waals surface area contributed by atoms with E-state index in [0.717, 1.165) is 11.3 Å². The first-order chi connectivity index (χ1) is 7.59. The van der Waals surface area contributed by atoms with Crippen LogP contribution in [0.25, 0.3) is 0 Å². The number of aryl methyl sites for hydroxylation is 1. The van der Waals surface area contributed by atoms with Crippen LogP contribution >= 0.6 is 0 Å². The zero-order valence-corrected chi connectivity index (χ0v) is 9.71. The molecule has 1 N–H and O–H groups in total. The van der Waals surface area contributed by atoms with Gasteiger partial charge in [-0.1, -0.05) is 12.2 Å². The van der Waals surface area contributed by atoms with E-state index in [-0.39, 0.29) is 5.91 Å². The van der Waals surface area contributed by atoms with Crippen LogP contribution in [0.5, 0.6) is 0 Å². The number of nitrogens with one attached hydrogen (secondary N) is 1. The van der Waals surface area contributed by atoms with Crippen molar-refractivity contribution in [2.45, 2.75) is 13.8 Å². The second-order valence-corrected chi connectivity index (χ2v) is 3.68. The van der Waals surface area contributed by atoms with Gasteiger partial charge in [0, 0.05) is 6.54 Å². The molecule has 0 fully saturated rings. The SMILES string of the molecule is C=C(C)COCCNC(=O)c1ccc(C)o1. The molecule has 0 aliphatic rings. The predicted molar refractivity (Wildman–Crippen MR) is 61.4 cm³/mol. The Hall–Kier alpha value is -1.55. The first-order valence-electron chi connectivity index (χ1n) is 5.16. The maximum Gasteiger partial charge on any atom is 0.287 e. The molecule has 4 nitrogen and oxygen atoms in total. The van der Waals surface area contributed by atoms with Crippen molar-refractivity contribution in [3.05, 3.63) is 35.8 Å². The van der Waals surface area contributed by atoms with Crippen molar-refractivity contribution >= 4 is 5.91 Å². The Balaban J connectivity index is 2.18. The van der Waals surface area contributed by atoms with Gasteiger partial charge >= 0.3 is 0 Å². The molecule has 1 amide bonds. The highest BCUT2D eigenvalue weighted by atomic mass is 16.5. The lowest BCUT2D eigenvalue weighted by Crippen LogP contribution is -2.27. The number of ether oxygens (including phenoxy) is 1. The normalized spacial score (nSPS) is 10.1. The summed E-state index contributed by atoms with van der Waals surface area (Å²) in [5.41, 5.74) is 0.966. The first-order valence-corrected chi connectivity index (χ1v) is 5.16. The van der Waals surface area contributed by atoms with Crippen LogP contribution in [0.2, 0.25) is 0 Å². The average Bonchev–Trinajstić information content (AvgIpc) is 2.63. The van der Waals surface area contributed by atoms with E-state index in [1.807, 2.05) is 6.92 Å². The number of carbonyl (C=O) groups is 1. The minimum Gasteiger partial charge on any atom is -0.456 e. The summed E-state index contributed by atoms with van der Waals surface area (Å²) in [6, 6.07) is 3.41. The zero-order valence-electron chi connectivity index (χ0n) is 9.71. The van der Waals surface area contributed by atoms with E-state index in [1.165, 1.54) is 0 Å². The predicted octanol–water partition coefficient (Wildman–Crippen LogP) is 1.91. The van der Waals surface area contributed by atoms with E-state index < -0.39 is 0 Å². The van der Waals surface area contributed by atoms with Gasteiger partial charge < -0.3 is 14.5 Å². The Morgan fingerprint density at radius 1 is 1.56 bits per heavy atom. The quantitative estimate of drug-likeness (QED) is 0.592. The molecular weight excluding hydrogens is 206 g/mol. The zero-order chi connectivity index (χ0) is 12.0. The van der Waals surface area contributed by atoms with Gasteiger partial charge in [-0.2, -0.15) is 0 Å². The third kappa shape index (κ3) is 4.31. The second-order valence-electron chi connectivity index (χ2n) is 3.68. The highest BCUT2D eigenvalue weighted by Crippen LogP contribution is 2.05. The number of furan rings is 1. The van der Waals surface area contributed by atoms with Crippen molar-refractivity contribution in [3.63, 3.8) is 0 Å². The third-order valence-electron chi connectivity index (χ3n) is 1.84. The molecule has 1 rings (SSSR count). The van der Waals surface area contributed by atoms with E-state index in [0.29, 0.717) is 25.5 Å². The van der Waals surface area contributed by atoms with Crippen molar-refractivity contribution < 1.29 is 13.9 Å². The Labute approximate surface area is 95.3 Å². The highest BCUT2D eigenvalue weighted by molar-refractivity contribution is 5.91. The molecule has 0 spiro atoms. The van der Waals surface area contributed by atoms with Crippen LogP contribution in [0.3, 0.4) is 0 Å². The maximum atomic E-state index is 11.5. The standard InChI is InChI=1S/C12H17NO3/c1-9(2)8-15-7-6-13-12(14)11-5-4-10(3)16-11/h4-5H,1,6-8H2,2-3H3,(H,13,14). The van der Waals surface area contributed by atoms with Gasteiger partial charge in [-0.05, 0) is 26.0 Å². The summed E-state index contributed by atoms with van der Waals surface area (Å²) in [7, 11) is 0. The smallest absolute Gasteiger partial charge is 0.287 e. The van der Waals surface area contributed by atoms with Crippen molar-refractivity contribution in [3.8, 4) is 0 Å². The lowest BCUT2D eigenvalue weighted by atomic mass is 10.4. The molecule has 1 heterocycles. The largest absolute Gasteiger partial charge is 0.456 e. The van der Waals surface area contributed by atoms with Gasteiger partial charge in [-0.15, -0.1) is 0 Å². The number of amides is 1. The lowest BCUT2D eigenvalue weighted by molar-refractivity contribution is 0.0898. The molecule has 4 heteroatoms. The van der Waals surface area contributed by atoms with Crippen LogP contribution < -0.4 is 5.32 Å². The molecule has 1 aromatic rings. The van der Waals surface area contributed by atoms with Crippen molar-refractivity contribution in [2.24, 2.45) is 0 Å². The Morgan fingerprint density at radius 3 is 2.88 bits per heavy atom. The number of hydrogen-bond donors (Lipinski definition) is 1. The summed E-state index contributed by atoms with van der Waals surface area (Å²) in [5, 5.41) is 2.70. The van der Waals surface area contributed by atoms with Crippen LogP contribution in [-0.4, -0.2) is 25.7 Å². The average molecular weight is 223 g/mol. The van der Waals surface area contributed by atoms with Crippen LogP contribution in [0, 0.1) is 6.92 Å². The summed E-state index contributed by atoms with van der Waals surface area (Å²) in [6.45, 7) is 8.86. The minimum atomic E-state index is -0.216. The minimum absolute atomic E-state index is 0.216. The van der Waals surface area contributed by atoms with Gasteiger partial charge in [0.1, 0.15) is 5.76 Å². The summed E-state index contributed by atoms with van der Waals surface area (Å²) in [6.07, 6.45) is 0. The van der Waals surface area contributed by atoms with Gasteiger partial charge in [0.25, 0.3) is 5.91 Å². The lowest BCUT2D eigenvalue weighted by Gasteiger charge is -2.04. The summed E-state index contributed by atoms with van der Waals surface area (Å²) in [5.74, 6) is 0.841. The molecule has 0 saturated heterocycles. The molecule has 88 valence electrons. The monoisotopic (exact) mass is 223 g/mol. The van der Waals surface area contributed by atoms with Gasteiger partial charge in [-0.3, -0.25) is 4.79 Å². The fourth-order valence-electron chi connectivity index (χ4n) is 1.13. The molecule has 1 aromatic heterocycles. The Bertz CT molecular complexity index is 368. The van der Waals surface area contributed by atoms with Crippen LogP contribution in [0.1, 0.15) is 23.2 Å². The Morgan fingerprint density at radius 2 is 2.31 bits per heavy atom. The molecule has 16 heavy (non-hydrogen) atoms. The molecule has 0 bridgehead atoms. The van der Waals surface area contributed by atoms with Crippen LogP contribution in [-0.2, 0) is 4.74 Å². The third-order valence-corrected chi connectivity index (χ3v) is 1.84. The van der Waals surface area contributed by atoms with Crippen molar-refractivity contribution in [1.29, 1.82) is 0 Å². The first kappa shape index (κ1) is 12.5. The van der Waals surface area contributed by atoms with Gasteiger partial charge in [0.15, 0.2) is 5.76 Å². The van der Waals surface area contributed by atoms with Crippen LogP contribution in [0.4, 0.5) is 0 Å². The van der Waals surface area contributed by atoms with E-state index in [4.69, 9.17) is 9.15 Å². The molecule has 0 radical (unpaired) electrons. The van der Waals surface area contributed by atoms with Crippen molar-refractivity contribution in [1.82, 2.24) is 5.32 Å². The van der Waals surface area contributed by atoms with Gasteiger partial charge in [0.2, 0.25) is 0 Å². The molecule has 0 aliphatic carbocycles. The summed E-state index contributed by atoms with van der Waals surface area (Å²) < 4.78 is 10.4. The molecule has 0 atom stereocenters. The molecule has 0 unspecified atom stereocenters. The Kier molecular flexibility index (Phi) is 4.79. The highest BCUT2D eigenvalue weighted by Gasteiger charge is 2.08. The summed E-state index contributed by atoms with van der Waals surface area (Å²) >= 11 is 0. The van der Waals surface area contributed by atoms with Crippen LogP contribution in [0.15, 0.2) is 28.7 Å². The number of rotatable bonds is 6. The molecular formula is C12H17NO3. The number of hydrogen-bond acceptors (Lipinski definition) is 3. The van der Waals surface area contributed by atoms with E-state index >= 15 is 0 Å². The van der Waals surface area contributed by atoms with Crippen molar-refractivity contribution in [2.75, 3.05) is 19.8 Å². The van der Waals surface area contributed by atoms with E-state index in [2.05, 4.69) is 11.9 Å². The van der Waals surface area contributed by atoms with Gasteiger partial charge in [0.05, 0.1) is 13.2 Å². The number of carbonyl (C=O) groups excluding carboxylic acids is 1. The topological polar surface area (TPSA) is 51.5 Å². The fourth-order valence-corrected chi connectivity index (χ4v) is 1.13. The van der Waals surface area contributed by atoms with E-state index in [1.54, 1.807) is 19.1 Å². The fraction of sp³-hybridized carbons (Fsp3) is 0.417. The second kappa shape index (κ2) is 6.12. The summed E-state index contributed by atoms with van der Waals surface area (Å²) in [4.78, 5) is 11.5. The van der Waals surface area contributed by atoms with E-state index in [9.17, 15) is 4.79 Å².